The minimum atomic E-state index is 0.214. The number of nitrogens with one attached hydrogen (secondary N) is 1. The fraction of sp³-hybridized carbons (Fsp3) is 0.941. The van der Waals surface area contributed by atoms with Crippen molar-refractivity contribution in [3.63, 3.8) is 0 Å². The summed E-state index contributed by atoms with van der Waals surface area (Å²) in [7, 11) is 2.19. The molecule has 1 unspecified atom stereocenters. The van der Waals surface area contributed by atoms with Crippen LogP contribution in [0.15, 0.2) is 0 Å². The average Bonchev–Trinajstić information content (AvgIpc) is 2.45. The molecule has 1 aliphatic heterocycles. The molecule has 0 radical (unpaired) electrons. The van der Waals surface area contributed by atoms with Crippen LogP contribution >= 0.6 is 0 Å². The van der Waals surface area contributed by atoms with E-state index in [1.807, 2.05) is 0 Å². The van der Waals surface area contributed by atoms with Gasteiger partial charge >= 0.3 is 0 Å². The molecule has 0 saturated carbocycles. The summed E-state index contributed by atoms with van der Waals surface area (Å²) in [6.45, 7) is 8.41. The highest BCUT2D eigenvalue weighted by Crippen LogP contribution is 2.21. The highest BCUT2D eigenvalue weighted by atomic mass is 16.1. The number of likely N-dealkylation sites (tertiary alicyclic amines) is 1. The predicted octanol–water partition coefficient (Wildman–Crippen LogP) is 2.24. The van der Waals surface area contributed by atoms with Crippen molar-refractivity contribution >= 4 is 5.91 Å². The molecule has 1 aliphatic rings. The molecule has 0 aromatic heterocycles. The van der Waals surface area contributed by atoms with E-state index < -0.39 is 0 Å². The van der Waals surface area contributed by atoms with Crippen molar-refractivity contribution in [3.05, 3.63) is 0 Å². The third-order valence-corrected chi connectivity index (χ3v) is 4.94. The zero-order valence-corrected chi connectivity index (χ0v) is 14.2. The summed E-state index contributed by atoms with van der Waals surface area (Å²) in [5, 5.41) is 3.09. The van der Waals surface area contributed by atoms with Crippen molar-refractivity contribution in [2.75, 3.05) is 33.2 Å². The van der Waals surface area contributed by atoms with Gasteiger partial charge in [0, 0.05) is 13.0 Å². The number of amides is 1. The summed E-state index contributed by atoms with van der Waals surface area (Å²) in [5.41, 5.74) is 5.64. The van der Waals surface area contributed by atoms with Crippen LogP contribution in [0.5, 0.6) is 0 Å². The maximum Gasteiger partial charge on any atom is 0.220 e. The fourth-order valence-corrected chi connectivity index (χ4v) is 3.20. The maximum atomic E-state index is 11.9. The molecule has 4 heteroatoms. The number of carbonyl (C=O) groups excluding carboxylic acids is 1. The summed E-state index contributed by atoms with van der Waals surface area (Å²) >= 11 is 0. The molecule has 1 heterocycles. The molecule has 1 amide bonds. The SMILES string of the molecule is CC(C)C(CCN)CCC(=O)NCCC1CCN(C)CC1. The Hall–Kier alpha value is -0.610. The van der Waals surface area contributed by atoms with Crippen LogP contribution < -0.4 is 11.1 Å². The Morgan fingerprint density at radius 2 is 1.95 bits per heavy atom. The van der Waals surface area contributed by atoms with Crippen molar-refractivity contribution in [2.45, 2.75) is 52.4 Å². The van der Waals surface area contributed by atoms with Crippen LogP contribution in [0.2, 0.25) is 0 Å². The second kappa shape index (κ2) is 10.2. The topological polar surface area (TPSA) is 58.4 Å². The van der Waals surface area contributed by atoms with E-state index in [0.717, 1.165) is 38.3 Å². The van der Waals surface area contributed by atoms with E-state index >= 15 is 0 Å². The highest BCUT2D eigenvalue weighted by Gasteiger charge is 2.17. The fourth-order valence-electron chi connectivity index (χ4n) is 3.20. The van der Waals surface area contributed by atoms with Crippen molar-refractivity contribution < 1.29 is 4.79 Å². The Kier molecular flexibility index (Phi) is 8.93. The van der Waals surface area contributed by atoms with Gasteiger partial charge in [0.15, 0.2) is 0 Å². The van der Waals surface area contributed by atoms with Gasteiger partial charge in [0.25, 0.3) is 0 Å². The van der Waals surface area contributed by atoms with Crippen LogP contribution in [0.4, 0.5) is 0 Å². The normalized spacial score (nSPS) is 18.9. The van der Waals surface area contributed by atoms with E-state index in [1.54, 1.807) is 0 Å². The Labute approximate surface area is 130 Å². The summed E-state index contributed by atoms with van der Waals surface area (Å²) in [6, 6.07) is 0. The van der Waals surface area contributed by atoms with Gasteiger partial charge < -0.3 is 16.0 Å². The van der Waals surface area contributed by atoms with Crippen molar-refractivity contribution in [1.82, 2.24) is 10.2 Å². The lowest BCUT2D eigenvalue weighted by molar-refractivity contribution is -0.121. The molecule has 0 aliphatic carbocycles. The molecular formula is C17H35N3O. The summed E-state index contributed by atoms with van der Waals surface area (Å²) in [4.78, 5) is 14.3. The first-order chi connectivity index (χ1) is 10.0. The monoisotopic (exact) mass is 297 g/mol. The Morgan fingerprint density at radius 1 is 1.29 bits per heavy atom. The zero-order valence-electron chi connectivity index (χ0n) is 14.2. The van der Waals surface area contributed by atoms with Gasteiger partial charge in [-0.1, -0.05) is 13.8 Å². The van der Waals surface area contributed by atoms with E-state index in [1.165, 1.54) is 25.9 Å². The molecule has 0 bridgehead atoms. The molecule has 1 atom stereocenters. The van der Waals surface area contributed by atoms with E-state index in [-0.39, 0.29) is 5.91 Å². The lowest BCUT2D eigenvalue weighted by Gasteiger charge is -2.28. The number of hydrogen-bond donors (Lipinski definition) is 2. The smallest absolute Gasteiger partial charge is 0.220 e. The third kappa shape index (κ3) is 7.82. The van der Waals surface area contributed by atoms with Crippen molar-refractivity contribution in [1.29, 1.82) is 0 Å². The Balaban J connectivity index is 2.10. The summed E-state index contributed by atoms with van der Waals surface area (Å²) in [6.07, 6.45) is 6.33. The standard InChI is InChI=1S/C17H35N3O/c1-14(2)16(6-10-18)4-5-17(21)19-11-7-15-8-12-20(3)13-9-15/h14-16H,4-13,18H2,1-3H3,(H,19,21). The van der Waals surface area contributed by atoms with Crippen molar-refractivity contribution in [2.24, 2.45) is 23.5 Å². The molecule has 3 N–H and O–H groups in total. The molecule has 0 aromatic carbocycles. The lowest BCUT2D eigenvalue weighted by Crippen LogP contribution is -2.32. The number of nitrogens with two attached hydrogens (primary N) is 1. The van der Waals surface area contributed by atoms with Gasteiger partial charge in [-0.05, 0) is 76.5 Å². The number of nitrogens with zero attached hydrogens (tertiary/aromatic N) is 1. The minimum Gasteiger partial charge on any atom is -0.356 e. The van der Waals surface area contributed by atoms with Gasteiger partial charge in [-0.2, -0.15) is 0 Å². The number of piperidine rings is 1. The molecule has 0 spiro atoms. The second-order valence-electron chi connectivity index (χ2n) is 7.01. The van der Waals surface area contributed by atoms with E-state index in [2.05, 4.69) is 31.1 Å². The summed E-state index contributed by atoms with van der Waals surface area (Å²) < 4.78 is 0. The first kappa shape index (κ1) is 18.4. The Bertz CT molecular complexity index is 286. The van der Waals surface area contributed by atoms with Crippen molar-refractivity contribution in [3.8, 4) is 0 Å². The van der Waals surface area contributed by atoms with Gasteiger partial charge in [0.05, 0.1) is 0 Å². The molecule has 1 fully saturated rings. The molecule has 124 valence electrons. The number of hydrogen-bond acceptors (Lipinski definition) is 3. The maximum absolute atomic E-state index is 11.9. The van der Waals surface area contributed by atoms with Gasteiger partial charge in [-0.15, -0.1) is 0 Å². The van der Waals surface area contributed by atoms with E-state index in [4.69, 9.17) is 5.73 Å². The third-order valence-electron chi connectivity index (χ3n) is 4.94. The first-order valence-corrected chi connectivity index (χ1v) is 8.68. The highest BCUT2D eigenvalue weighted by molar-refractivity contribution is 5.75. The number of carbonyl (C=O) groups is 1. The van der Waals surface area contributed by atoms with Gasteiger partial charge in [0.2, 0.25) is 5.91 Å². The second-order valence-corrected chi connectivity index (χ2v) is 7.01. The molecular weight excluding hydrogens is 262 g/mol. The van der Waals surface area contributed by atoms with Crippen LogP contribution in [-0.4, -0.2) is 44.0 Å². The average molecular weight is 297 g/mol. The van der Waals surface area contributed by atoms with Crippen LogP contribution in [0.25, 0.3) is 0 Å². The van der Waals surface area contributed by atoms with Crippen LogP contribution in [0.3, 0.4) is 0 Å². The largest absolute Gasteiger partial charge is 0.356 e. The van der Waals surface area contributed by atoms with Crippen LogP contribution in [-0.2, 0) is 4.79 Å². The molecule has 1 saturated heterocycles. The van der Waals surface area contributed by atoms with Gasteiger partial charge in [-0.3, -0.25) is 4.79 Å². The van der Waals surface area contributed by atoms with Crippen LogP contribution in [0, 0.1) is 17.8 Å². The van der Waals surface area contributed by atoms with E-state index in [9.17, 15) is 4.79 Å². The minimum absolute atomic E-state index is 0.214. The summed E-state index contributed by atoms with van der Waals surface area (Å²) in [5.74, 6) is 2.20. The molecule has 21 heavy (non-hydrogen) atoms. The predicted molar refractivity (Wildman–Crippen MR) is 89.1 cm³/mol. The van der Waals surface area contributed by atoms with Crippen LogP contribution in [0.1, 0.15) is 52.4 Å². The van der Waals surface area contributed by atoms with Gasteiger partial charge in [-0.25, -0.2) is 0 Å². The lowest BCUT2D eigenvalue weighted by atomic mass is 9.88. The number of rotatable bonds is 9. The molecule has 0 aromatic rings. The quantitative estimate of drug-likeness (QED) is 0.686. The zero-order chi connectivity index (χ0) is 15.7. The molecule has 1 rings (SSSR count). The molecule has 4 nitrogen and oxygen atoms in total. The Morgan fingerprint density at radius 3 is 2.52 bits per heavy atom. The van der Waals surface area contributed by atoms with E-state index in [0.29, 0.717) is 18.3 Å². The first-order valence-electron chi connectivity index (χ1n) is 8.68. The van der Waals surface area contributed by atoms with Gasteiger partial charge in [0.1, 0.15) is 0 Å².